The van der Waals surface area contributed by atoms with Gasteiger partial charge in [0.25, 0.3) is 0 Å². The standard InChI is InChI=1S/C18H29ClN2/c1-4-20-14(2)17-11-10-16(12-18(17)19)21(3)13-15-8-6-5-7-9-15/h10-12,14-15,20H,4-9,13H2,1-3H3. The average Bonchev–Trinajstić information content (AvgIpc) is 2.48. The zero-order valence-electron chi connectivity index (χ0n) is 13.7. The van der Waals surface area contributed by atoms with Gasteiger partial charge in [0.1, 0.15) is 0 Å². The maximum Gasteiger partial charge on any atom is 0.0474 e. The van der Waals surface area contributed by atoms with Gasteiger partial charge in [0.05, 0.1) is 0 Å². The number of rotatable bonds is 6. The number of nitrogens with one attached hydrogen (secondary N) is 1. The van der Waals surface area contributed by atoms with Gasteiger partial charge in [0.2, 0.25) is 0 Å². The highest BCUT2D eigenvalue weighted by molar-refractivity contribution is 6.31. The van der Waals surface area contributed by atoms with Gasteiger partial charge in [-0.2, -0.15) is 0 Å². The van der Waals surface area contributed by atoms with Crippen molar-refractivity contribution in [2.75, 3.05) is 25.0 Å². The summed E-state index contributed by atoms with van der Waals surface area (Å²) in [5.41, 5.74) is 2.42. The van der Waals surface area contributed by atoms with Crippen molar-refractivity contribution in [1.29, 1.82) is 0 Å². The first-order chi connectivity index (χ1) is 10.1. The molecule has 3 heteroatoms. The van der Waals surface area contributed by atoms with E-state index in [1.807, 2.05) is 0 Å². The van der Waals surface area contributed by atoms with E-state index in [0.29, 0.717) is 6.04 Å². The fourth-order valence-corrected chi connectivity index (χ4v) is 3.72. The minimum Gasteiger partial charge on any atom is -0.374 e. The summed E-state index contributed by atoms with van der Waals surface area (Å²) >= 11 is 6.48. The third kappa shape index (κ3) is 4.62. The van der Waals surface area contributed by atoms with Gasteiger partial charge < -0.3 is 10.2 Å². The van der Waals surface area contributed by atoms with Crippen molar-refractivity contribution in [3.63, 3.8) is 0 Å². The highest BCUT2D eigenvalue weighted by atomic mass is 35.5. The zero-order chi connectivity index (χ0) is 15.2. The van der Waals surface area contributed by atoms with E-state index in [2.05, 4.69) is 49.3 Å². The van der Waals surface area contributed by atoms with Crippen LogP contribution < -0.4 is 10.2 Å². The molecule has 1 aromatic rings. The fourth-order valence-electron chi connectivity index (χ4n) is 3.38. The lowest BCUT2D eigenvalue weighted by Gasteiger charge is -2.29. The summed E-state index contributed by atoms with van der Waals surface area (Å²) in [4.78, 5) is 2.36. The Labute approximate surface area is 134 Å². The molecule has 0 amide bonds. The molecular formula is C18H29ClN2. The fraction of sp³-hybridized carbons (Fsp3) is 0.667. The third-order valence-electron chi connectivity index (χ3n) is 4.66. The van der Waals surface area contributed by atoms with Crippen LogP contribution >= 0.6 is 11.6 Å². The van der Waals surface area contributed by atoms with Crippen molar-refractivity contribution in [2.45, 2.75) is 52.0 Å². The van der Waals surface area contributed by atoms with Crippen LogP contribution in [-0.4, -0.2) is 20.1 Å². The minimum absolute atomic E-state index is 0.306. The summed E-state index contributed by atoms with van der Waals surface area (Å²) < 4.78 is 0. The predicted molar refractivity (Wildman–Crippen MR) is 93.4 cm³/mol. The summed E-state index contributed by atoms with van der Waals surface area (Å²) in [6, 6.07) is 6.80. The van der Waals surface area contributed by atoms with Crippen LogP contribution in [0.4, 0.5) is 5.69 Å². The molecule has 1 aliphatic rings. The van der Waals surface area contributed by atoms with Gasteiger partial charge in [-0.25, -0.2) is 0 Å². The summed E-state index contributed by atoms with van der Waals surface area (Å²) in [7, 11) is 2.19. The molecule has 118 valence electrons. The molecule has 1 atom stereocenters. The predicted octanol–water partition coefficient (Wildman–Crippen LogP) is 5.03. The number of nitrogens with zero attached hydrogens (tertiary/aromatic N) is 1. The lowest BCUT2D eigenvalue weighted by molar-refractivity contribution is 0.362. The molecule has 0 saturated heterocycles. The average molecular weight is 309 g/mol. The van der Waals surface area contributed by atoms with E-state index in [9.17, 15) is 0 Å². The Morgan fingerprint density at radius 1 is 1.29 bits per heavy atom. The Morgan fingerprint density at radius 3 is 2.62 bits per heavy atom. The lowest BCUT2D eigenvalue weighted by atomic mass is 9.89. The summed E-state index contributed by atoms with van der Waals surface area (Å²) in [5.74, 6) is 0.850. The van der Waals surface area contributed by atoms with Crippen LogP contribution in [0.2, 0.25) is 5.02 Å². The van der Waals surface area contributed by atoms with Gasteiger partial charge >= 0.3 is 0 Å². The first-order valence-corrected chi connectivity index (χ1v) is 8.73. The van der Waals surface area contributed by atoms with Crippen molar-refractivity contribution in [2.24, 2.45) is 5.92 Å². The Morgan fingerprint density at radius 2 is 2.00 bits per heavy atom. The first kappa shape index (κ1) is 16.6. The molecule has 0 radical (unpaired) electrons. The zero-order valence-corrected chi connectivity index (χ0v) is 14.4. The van der Waals surface area contributed by atoms with Crippen LogP contribution in [0, 0.1) is 5.92 Å². The van der Waals surface area contributed by atoms with Gasteiger partial charge in [-0.3, -0.25) is 0 Å². The molecule has 2 rings (SSSR count). The first-order valence-electron chi connectivity index (χ1n) is 8.35. The van der Waals surface area contributed by atoms with Crippen molar-refractivity contribution in [3.05, 3.63) is 28.8 Å². The van der Waals surface area contributed by atoms with E-state index in [1.54, 1.807) is 0 Å². The normalized spacial score (nSPS) is 17.7. The Bertz CT molecular complexity index is 441. The second-order valence-corrected chi connectivity index (χ2v) is 6.78. The highest BCUT2D eigenvalue weighted by Crippen LogP contribution is 2.30. The van der Waals surface area contributed by atoms with Crippen LogP contribution in [0.3, 0.4) is 0 Å². The van der Waals surface area contributed by atoms with Crippen LogP contribution in [0.25, 0.3) is 0 Å². The molecule has 0 aliphatic heterocycles. The summed E-state index contributed by atoms with van der Waals surface area (Å²) in [6.45, 7) is 6.39. The van der Waals surface area contributed by atoms with Crippen molar-refractivity contribution in [3.8, 4) is 0 Å². The monoisotopic (exact) mass is 308 g/mol. The number of hydrogen-bond donors (Lipinski definition) is 1. The van der Waals surface area contributed by atoms with E-state index in [1.165, 1.54) is 43.4 Å². The van der Waals surface area contributed by atoms with Gasteiger partial charge in [0, 0.05) is 30.3 Å². The van der Waals surface area contributed by atoms with E-state index in [-0.39, 0.29) is 0 Å². The van der Waals surface area contributed by atoms with Gasteiger partial charge in [-0.15, -0.1) is 0 Å². The molecule has 1 unspecified atom stereocenters. The molecule has 0 spiro atoms. The van der Waals surface area contributed by atoms with E-state index in [4.69, 9.17) is 11.6 Å². The van der Waals surface area contributed by atoms with E-state index in [0.717, 1.165) is 24.0 Å². The van der Waals surface area contributed by atoms with Crippen LogP contribution in [0.15, 0.2) is 18.2 Å². The Kier molecular flexibility index (Phi) is 6.38. The molecule has 2 nitrogen and oxygen atoms in total. The van der Waals surface area contributed by atoms with Gasteiger partial charge in [-0.1, -0.05) is 43.9 Å². The number of benzene rings is 1. The topological polar surface area (TPSA) is 15.3 Å². The maximum atomic E-state index is 6.48. The molecule has 0 heterocycles. The van der Waals surface area contributed by atoms with E-state index >= 15 is 0 Å². The molecule has 1 aliphatic carbocycles. The van der Waals surface area contributed by atoms with Crippen molar-refractivity contribution < 1.29 is 0 Å². The number of anilines is 1. The quantitative estimate of drug-likeness (QED) is 0.793. The largest absolute Gasteiger partial charge is 0.374 e. The Hall–Kier alpha value is -0.730. The SMILES string of the molecule is CCNC(C)c1ccc(N(C)CC2CCCCC2)cc1Cl. The van der Waals surface area contributed by atoms with Gasteiger partial charge in [0.15, 0.2) is 0 Å². The second kappa shape index (κ2) is 8.05. The number of halogens is 1. The molecule has 1 N–H and O–H groups in total. The lowest BCUT2D eigenvalue weighted by Crippen LogP contribution is -2.27. The molecule has 1 saturated carbocycles. The van der Waals surface area contributed by atoms with Crippen LogP contribution in [-0.2, 0) is 0 Å². The van der Waals surface area contributed by atoms with Crippen LogP contribution in [0.1, 0.15) is 57.6 Å². The number of hydrogen-bond acceptors (Lipinski definition) is 2. The van der Waals surface area contributed by atoms with Crippen LogP contribution in [0.5, 0.6) is 0 Å². The second-order valence-electron chi connectivity index (χ2n) is 6.37. The summed E-state index contributed by atoms with van der Waals surface area (Å²) in [5, 5.41) is 4.29. The van der Waals surface area contributed by atoms with Gasteiger partial charge in [-0.05, 0) is 49.9 Å². The smallest absolute Gasteiger partial charge is 0.0474 e. The van der Waals surface area contributed by atoms with E-state index < -0.39 is 0 Å². The maximum absolute atomic E-state index is 6.48. The molecule has 1 aromatic carbocycles. The van der Waals surface area contributed by atoms with Crippen molar-refractivity contribution >= 4 is 17.3 Å². The van der Waals surface area contributed by atoms with Crippen molar-refractivity contribution in [1.82, 2.24) is 5.32 Å². The molecule has 0 aromatic heterocycles. The molecule has 0 bridgehead atoms. The molecule has 1 fully saturated rings. The Balaban J connectivity index is 2.01. The minimum atomic E-state index is 0.306. The molecule has 21 heavy (non-hydrogen) atoms. The highest BCUT2D eigenvalue weighted by Gasteiger charge is 2.16. The summed E-state index contributed by atoms with van der Waals surface area (Å²) in [6.07, 6.45) is 6.99. The third-order valence-corrected chi connectivity index (χ3v) is 4.99. The molecular weight excluding hydrogens is 280 g/mol.